The molecule has 1 unspecified atom stereocenters. The van der Waals surface area contributed by atoms with Gasteiger partial charge in [-0.05, 0) is 130 Å². The number of oxime groups is 3. The molecule has 3 aliphatic carbocycles. The average Bonchev–Trinajstić information content (AvgIpc) is 3.93. The Hall–Kier alpha value is -4.69. The smallest absolute Gasteiger partial charge is 0.318 e. The molecule has 0 radical (unpaired) electrons. The van der Waals surface area contributed by atoms with Gasteiger partial charge in [0.2, 0.25) is 0 Å². The Bertz CT molecular complexity index is 2250. The van der Waals surface area contributed by atoms with Gasteiger partial charge in [0, 0.05) is 40.6 Å². The summed E-state index contributed by atoms with van der Waals surface area (Å²) in [4.78, 5) is 86.1. The molecule has 0 aromatic heterocycles. The van der Waals surface area contributed by atoms with Crippen LogP contribution in [0, 0.1) is 17.8 Å². The Kier molecular flexibility index (Phi) is 36.8. The van der Waals surface area contributed by atoms with Crippen LogP contribution in [0.3, 0.4) is 0 Å². The lowest BCUT2D eigenvalue weighted by molar-refractivity contribution is -0.144. The fraction of sp³-hybridized carbons (Fsp3) is 0.641. The van der Waals surface area contributed by atoms with E-state index in [2.05, 4.69) is 22.4 Å². The van der Waals surface area contributed by atoms with E-state index in [0.29, 0.717) is 65.1 Å². The third-order valence-corrected chi connectivity index (χ3v) is 16.6. The maximum atomic E-state index is 12.0. The van der Waals surface area contributed by atoms with Crippen LogP contribution in [0.4, 0.5) is 0 Å². The van der Waals surface area contributed by atoms with Gasteiger partial charge >= 0.3 is 17.9 Å². The molecule has 0 spiro atoms. The van der Waals surface area contributed by atoms with Gasteiger partial charge in [0.15, 0.2) is 17.3 Å². The van der Waals surface area contributed by atoms with Crippen molar-refractivity contribution >= 4 is 74.0 Å². The van der Waals surface area contributed by atoms with Crippen molar-refractivity contribution in [2.24, 2.45) is 33.2 Å². The fourth-order valence-electron chi connectivity index (χ4n) is 8.65. The van der Waals surface area contributed by atoms with E-state index in [1.54, 1.807) is 44.2 Å². The molecule has 0 aromatic rings. The Morgan fingerprint density at radius 3 is 1.18 bits per heavy atom. The molecule has 1 fully saturated rings. The van der Waals surface area contributed by atoms with E-state index in [4.69, 9.17) is 14.5 Å². The normalized spacial score (nSPS) is 18.1. The monoisotopic (exact) mass is 1120 g/mol. The number of carbonyl (C=O) groups is 6. The van der Waals surface area contributed by atoms with Gasteiger partial charge in [-0.15, -0.1) is 0 Å². The van der Waals surface area contributed by atoms with Crippen LogP contribution in [0.1, 0.15) is 237 Å². The van der Waals surface area contributed by atoms with Crippen molar-refractivity contribution in [3.8, 4) is 0 Å². The minimum absolute atomic E-state index is 0.00233. The standard InChI is InChI=1S/C29H49NO3.C18H25NO3S2.C17H23NO3/c1-5-6-7-8-9-10-11-12-13-14-15-16-17-18-19-20-21-29(32)33-30-27-23-26(24(2)3)28(31)22-25(27)4;1-12(2)15-11-16(13(3)10-17(15)20)19-22-18(21)7-5-4-6-14-8-9-23-24-14;1-5-6-7-8-9-17(20)21-18-15-11-14(12(2)3)16(19)10-13(15)4/h22-24H,5-21H2,1-4H3;10-12,14H,4-9H2,1-3H3;6-7,10-12H,5,8-9H2,1-4H3. The first-order valence-corrected chi connectivity index (χ1v) is 31.9. The highest BCUT2D eigenvalue weighted by molar-refractivity contribution is 8.77. The van der Waals surface area contributed by atoms with Crippen molar-refractivity contribution in [3.63, 3.8) is 0 Å². The number of ketones is 3. The first kappa shape index (κ1) is 69.4. The van der Waals surface area contributed by atoms with Gasteiger partial charge in [0.25, 0.3) is 0 Å². The molecular formula is C64H97N3O9S2. The van der Waals surface area contributed by atoms with E-state index in [1.165, 1.54) is 115 Å². The molecule has 14 heteroatoms. The second-order valence-electron chi connectivity index (χ2n) is 21.7. The van der Waals surface area contributed by atoms with Gasteiger partial charge in [-0.3, -0.25) is 14.4 Å². The van der Waals surface area contributed by atoms with E-state index in [1.807, 2.05) is 89.1 Å². The molecule has 0 saturated carbocycles. The molecule has 12 nitrogen and oxygen atoms in total. The average molecular weight is 1120 g/mol. The zero-order valence-electron chi connectivity index (χ0n) is 49.6. The maximum Gasteiger partial charge on any atom is 0.335 e. The van der Waals surface area contributed by atoms with Gasteiger partial charge in [-0.25, -0.2) is 14.4 Å². The van der Waals surface area contributed by atoms with Gasteiger partial charge < -0.3 is 14.5 Å². The van der Waals surface area contributed by atoms with E-state index in [0.717, 1.165) is 48.5 Å². The number of hydrogen-bond acceptors (Lipinski definition) is 14. The predicted molar refractivity (Wildman–Crippen MR) is 325 cm³/mol. The van der Waals surface area contributed by atoms with Gasteiger partial charge in [0.1, 0.15) is 17.1 Å². The Balaban J connectivity index is 0.000000412. The Labute approximate surface area is 477 Å². The van der Waals surface area contributed by atoms with Crippen molar-refractivity contribution < 1.29 is 43.3 Å². The van der Waals surface area contributed by atoms with E-state index >= 15 is 0 Å². The lowest BCUT2D eigenvalue weighted by atomic mass is 9.90. The molecule has 434 valence electrons. The molecular weight excluding hydrogens is 1020 g/mol. The second-order valence-corrected chi connectivity index (χ2v) is 24.5. The van der Waals surface area contributed by atoms with Crippen LogP contribution in [-0.4, -0.2) is 63.4 Å². The minimum atomic E-state index is -0.368. The van der Waals surface area contributed by atoms with Gasteiger partial charge in [-0.1, -0.05) is 207 Å². The minimum Gasteiger partial charge on any atom is -0.318 e. The summed E-state index contributed by atoms with van der Waals surface area (Å²) in [5.74, 6) is 0.652. The zero-order chi connectivity index (χ0) is 57.7. The van der Waals surface area contributed by atoms with E-state index in [-0.39, 0.29) is 53.0 Å². The molecule has 0 bridgehead atoms. The largest absolute Gasteiger partial charge is 0.335 e. The molecule has 1 saturated heterocycles. The first-order valence-electron chi connectivity index (χ1n) is 29.5. The van der Waals surface area contributed by atoms with Crippen molar-refractivity contribution in [2.75, 3.05) is 5.75 Å². The molecule has 1 atom stereocenters. The predicted octanol–water partition coefficient (Wildman–Crippen LogP) is 17.1. The Morgan fingerprint density at radius 1 is 0.500 bits per heavy atom. The maximum absolute atomic E-state index is 12.0. The highest BCUT2D eigenvalue weighted by Gasteiger charge is 2.22. The van der Waals surface area contributed by atoms with Crippen molar-refractivity contribution in [3.05, 3.63) is 82.0 Å². The number of nitrogens with zero attached hydrogens (tertiary/aromatic N) is 3. The summed E-state index contributed by atoms with van der Waals surface area (Å²) < 4.78 is 0. The van der Waals surface area contributed by atoms with Crippen molar-refractivity contribution in [1.82, 2.24) is 0 Å². The molecule has 4 rings (SSSR count). The topological polar surface area (TPSA) is 167 Å². The molecule has 0 aromatic carbocycles. The Morgan fingerprint density at radius 2 is 0.846 bits per heavy atom. The lowest BCUT2D eigenvalue weighted by Crippen LogP contribution is -2.16. The summed E-state index contributed by atoms with van der Waals surface area (Å²) in [5, 5.41) is 12.6. The fourth-order valence-corrected chi connectivity index (χ4v) is 11.7. The lowest BCUT2D eigenvalue weighted by Gasteiger charge is -2.14. The third-order valence-electron chi connectivity index (χ3n) is 13.6. The molecule has 4 aliphatic rings. The number of allylic oxidation sites excluding steroid dienone is 14. The summed E-state index contributed by atoms with van der Waals surface area (Å²) in [5.41, 5.74) is 5.92. The van der Waals surface area contributed by atoms with Crippen LogP contribution in [0.2, 0.25) is 0 Å². The van der Waals surface area contributed by atoms with Crippen LogP contribution in [-0.2, 0) is 43.3 Å². The van der Waals surface area contributed by atoms with Crippen molar-refractivity contribution in [1.29, 1.82) is 0 Å². The second kappa shape index (κ2) is 41.3. The highest BCUT2D eigenvalue weighted by atomic mass is 33.1. The quantitative estimate of drug-likeness (QED) is 0.0157. The SMILES string of the molecule is CC1=CC(=O)C(C(C)C)=CC1=NOC(=O)CCCCC1CCSS1.CCC=CCCC(=O)ON=C1C=C(C(C)C)C(=O)C=C1C.CCCCCCCCCCCCCCCCCCC(=O)ON=C1C=C(C(C)C)C(=O)C=C1C. The summed E-state index contributed by atoms with van der Waals surface area (Å²) in [6.07, 6.45) is 41.8. The number of carbonyl (C=O) groups excluding carboxylic acids is 6. The molecule has 78 heavy (non-hydrogen) atoms. The zero-order valence-corrected chi connectivity index (χ0v) is 51.3. The number of rotatable bonds is 32. The van der Waals surface area contributed by atoms with Crippen LogP contribution < -0.4 is 0 Å². The molecule has 1 aliphatic heterocycles. The summed E-state index contributed by atoms with van der Waals surface area (Å²) in [7, 11) is 3.92. The summed E-state index contributed by atoms with van der Waals surface area (Å²) in [6.45, 7) is 21.5. The molecule has 0 N–H and O–H groups in total. The number of unbranched alkanes of at least 4 members (excludes halogenated alkanes) is 16. The van der Waals surface area contributed by atoms with Gasteiger partial charge in [-0.2, -0.15) is 0 Å². The van der Waals surface area contributed by atoms with Crippen molar-refractivity contribution in [2.45, 2.75) is 242 Å². The molecule has 1 heterocycles. The van der Waals surface area contributed by atoms with Crippen LogP contribution in [0.25, 0.3) is 0 Å². The third kappa shape index (κ3) is 30.1. The number of hydrogen-bond donors (Lipinski definition) is 0. The highest BCUT2D eigenvalue weighted by Crippen LogP contribution is 2.40. The van der Waals surface area contributed by atoms with Crippen LogP contribution in [0.15, 0.2) is 97.5 Å². The first-order chi connectivity index (χ1) is 37.4. The van der Waals surface area contributed by atoms with E-state index < -0.39 is 0 Å². The van der Waals surface area contributed by atoms with Crippen LogP contribution in [0.5, 0.6) is 0 Å². The van der Waals surface area contributed by atoms with E-state index in [9.17, 15) is 28.8 Å². The summed E-state index contributed by atoms with van der Waals surface area (Å²) >= 11 is 0. The molecule has 0 amide bonds. The van der Waals surface area contributed by atoms with Gasteiger partial charge in [0.05, 0.1) is 6.42 Å². The van der Waals surface area contributed by atoms with Crippen LogP contribution >= 0.6 is 21.6 Å². The summed E-state index contributed by atoms with van der Waals surface area (Å²) in [6, 6.07) is 0.